The van der Waals surface area contributed by atoms with Crippen molar-refractivity contribution in [1.82, 2.24) is 19.5 Å². The lowest BCUT2D eigenvalue weighted by Gasteiger charge is -2.06. The Morgan fingerprint density at radius 2 is 2.17 bits per heavy atom. The SMILES string of the molecule is COC(=O)Cc1cccc(Cn2cnc3c(N)[nH]c(=O)nc32)c1. The molecule has 0 radical (unpaired) electrons. The molecule has 0 saturated heterocycles. The van der Waals surface area contributed by atoms with E-state index in [9.17, 15) is 9.59 Å². The molecule has 2 heterocycles. The van der Waals surface area contributed by atoms with Gasteiger partial charge in [0, 0.05) is 0 Å². The third kappa shape index (κ3) is 3.05. The molecule has 3 N–H and O–H groups in total. The standard InChI is InChI=1S/C15H15N5O3/c1-23-11(21)6-9-3-2-4-10(5-9)7-20-8-17-12-13(16)18-15(22)19-14(12)20/h2-5,8H,6-7H2,1H3,(H3,16,18,19,22). The second-order valence-electron chi connectivity index (χ2n) is 5.07. The number of carbonyl (C=O) groups excluding carboxylic acids is 1. The van der Waals surface area contributed by atoms with Gasteiger partial charge >= 0.3 is 11.7 Å². The van der Waals surface area contributed by atoms with Crippen molar-refractivity contribution in [2.45, 2.75) is 13.0 Å². The van der Waals surface area contributed by atoms with Crippen LogP contribution >= 0.6 is 0 Å². The summed E-state index contributed by atoms with van der Waals surface area (Å²) in [6, 6.07) is 7.54. The Labute approximate surface area is 130 Å². The van der Waals surface area contributed by atoms with Gasteiger partial charge in [0.05, 0.1) is 26.4 Å². The average molecular weight is 313 g/mol. The first-order valence-electron chi connectivity index (χ1n) is 6.92. The Morgan fingerprint density at radius 1 is 1.39 bits per heavy atom. The zero-order valence-corrected chi connectivity index (χ0v) is 12.4. The zero-order valence-electron chi connectivity index (χ0n) is 12.4. The van der Waals surface area contributed by atoms with E-state index in [1.54, 1.807) is 10.9 Å². The quantitative estimate of drug-likeness (QED) is 0.676. The van der Waals surface area contributed by atoms with Crippen LogP contribution < -0.4 is 11.4 Å². The molecule has 0 atom stereocenters. The van der Waals surface area contributed by atoms with E-state index in [0.29, 0.717) is 17.7 Å². The van der Waals surface area contributed by atoms with Gasteiger partial charge in [0.15, 0.2) is 5.65 Å². The van der Waals surface area contributed by atoms with Crippen LogP contribution in [0.15, 0.2) is 35.4 Å². The Kier molecular flexibility index (Phi) is 3.80. The molecule has 2 aromatic heterocycles. The van der Waals surface area contributed by atoms with Gasteiger partial charge in [-0.25, -0.2) is 9.78 Å². The maximum absolute atomic E-state index is 11.5. The van der Waals surface area contributed by atoms with Crippen LogP contribution in [-0.2, 0) is 22.5 Å². The number of carbonyl (C=O) groups is 1. The minimum atomic E-state index is -0.517. The van der Waals surface area contributed by atoms with E-state index in [4.69, 9.17) is 5.73 Å². The van der Waals surface area contributed by atoms with Gasteiger partial charge in [-0.2, -0.15) is 4.98 Å². The lowest BCUT2D eigenvalue weighted by molar-refractivity contribution is -0.139. The van der Waals surface area contributed by atoms with Crippen LogP contribution in [0.25, 0.3) is 11.2 Å². The number of H-pyrrole nitrogens is 1. The first-order chi connectivity index (χ1) is 11.1. The van der Waals surface area contributed by atoms with Gasteiger partial charge in [0.1, 0.15) is 11.3 Å². The molecule has 0 aliphatic carbocycles. The van der Waals surface area contributed by atoms with Gasteiger partial charge in [-0.1, -0.05) is 24.3 Å². The second kappa shape index (κ2) is 5.91. The molecule has 0 aliphatic rings. The molecular weight excluding hydrogens is 298 g/mol. The molecular formula is C15H15N5O3. The highest BCUT2D eigenvalue weighted by Gasteiger charge is 2.10. The van der Waals surface area contributed by atoms with E-state index in [1.165, 1.54) is 7.11 Å². The maximum atomic E-state index is 11.5. The molecule has 0 unspecified atom stereocenters. The second-order valence-corrected chi connectivity index (χ2v) is 5.07. The van der Waals surface area contributed by atoms with Crippen LogP contribution in [-0.4, -0.2) is 32.6 Å². The number of esters is 1. The van der Waals surface area contributed by atoms with Crippen molar-refractivity contribution in [2.24, 2.45) is 0 Å². The maximum Gasteiger partial charge on any atom is 0.348 e. The number of ether oxygens (including phenoxy) is 1. The fourth-order valence-corrected chi connectivity index (χ4v) is 2.37. The minimum absolute atomic E-state index is 0.193. The number of benzene rings is 1. The number of aromatic nitrogens is 4. The number of hydrogen-bond donors (Lipinski definition) is 2. The molecule has 3 rings (SSSR count). The summed E-state index contributed by atoms with van der Waals surface area (Å²) in [5.41, 5.74) is 7.89. The fourth-order valence-electron chi connectivity index (χ4n) is 2.37. The van der Waals surface area contributed by atoms with Crippen molar-refractivity contribution in [3.05, 3.63) is 52.2 Å². The van der Waals surface area contributed by atoms with E-state index < -0.39 is 5.69 Å². The van der Waals surface area contributed by atoms with Gasteiger partial charge < -0.3 is 15.0 Å². The number of fused-ring (bicyclic) bond motifs is 1. The molecule has 8 heteroatoms. The molecule has 0 amide bonds. The molecule has 118 valence electrons. The van der Waals surface area contributed by atoms with E-state index in [1.807, 2.05) is 24.3 Å². The number of nitrogen functional groups attached to an aromatic ring is 1. The molecule has 1 aromatic carbocycles. The van der Waals surface area contributed by atoms with Gasteiger partial charge in [0.25, 0.3) is 0 Å². The number of nitrogens with two attached hydrogens (primary N) is 1. The van der Waals surface area contributed by atoms with Crippen LogP contribution in [0, 0.1) is 0 Å². The lowest BCUT2D eigenvalue weighted by atomic mass is 10.1. The first-order valence-corrected chi connectivity index (χ1v) is 6.92. The zero-order chi connectivity index (χ0) is 16.4. The first kappa shape index (κ1) is 14.8. The summed E-state index contributed by atoms with van der Waals surface area (Å²) in [4.78, 5) is 33.3. The van der Waals surface area contributed by atoms with Crippen molar-refractivity contribution < 1.29 is 9.53 Å². The predicted octanol–water partition coefficient (Wildman–Crippen LogP) is 0.466. The highest BCUT2D eigenvalue weighted by Crippen LogP contribution is 2.15. The van der Waals surface area contributed by atoms with Gasteiger partial charge in [-0.15, -0.1) is 0 Å². The van der Waals surface area contributed by atoms with Gasteiger partial charge in [-0.3, -0.25) is 9.78 Å². The van der Waals surface area contributed by atoms with E-state index >= 15 is 0 Å². The summed E-state index contributed by atoms with van der Waals surface area (Å²) in [6.07, 6.45) is 1.79. The summed E-state index contributed by atoms with van der Waals surface area (Å²) < 4.78 is 6.40. The summed E-state index contributed by atoms with van der Waals surface area (Å²) in [6.45, 7) is 0.460. The lowest BCUT2D eigenvalue weighted by Crippen LogP contribution is -2.14. The number of methoxy groups -OCH3 is 1. The molecule has 23 heavy (non-hydrogen) atoms. The highest BCUT2D eigenvalue weighted by atomic mass is 16.5. The monoisotopic (exact) mass is 313 g/mol. The highest BCUT2D eigenvalue weighted by molar-refractivity contribution is 5.81. The number of imidazole rings is 1. The number of nitrogens with zero attached hydrogens (tertiary/aromatic N) is 3. The predicted molar refractivity (Wildman–Crippen MR) is 83.8 cm³/mol. The minimum Gasteiger partial charge on any atom is -0.469 e. The molecule has 0 aliphatic heterocycles. The molecule has 0 saturated carbocycles. The molecule has 0 fully saturated rings. The van der Waals surface area contributed by atoms with Crippen LogP contribution in [0.2, 0.25) is 0 Å². The summed E-state index contributed by atoms with van der Waals surface area (Å²) in [5.74, 6) is -0.102. The van der Waals surface area contributed by atoms with E-state index in [2.05, 4.69) is 19.7 Å². The Morgan fingerprint density at radius 3 is 2.96 bits per heavy atom. The van der Waals surface area contributed by atoms with Crippen LogP contribution in [0.3, 0.4) is 0 Å². The summed E-state index contributed by atoms with van der Waals surface area (Å²) >= 11 is 0. The number of rotatable bonds is 4. The van der Waals surface area contributed by atoms with E-state index in [0.717, 1.165) is 11.1 Å². The topological polar surface area (TPSA) is 116 Å². The van der Waals surface area contributed by atoms with Crippen molar-refractivity contribution in [1.29, 1.82) is 0 Å². The van der Waals surface area contributed by atoms with Crippen molar-refractivity contribution >= 4 is 23.0 Å². The normalized spacial score (nSPS) is 10.8. The number of hydrogen-bond acceptors (Lipinski definition) is 6. The van der Waals surface area contributed by atoms with Crippen molar-refractivity contribution in [3.63, 3.8) is 0 Å². The van der Waals surface area contributed by atoms with Crippen LogP contribution in [0.5, 0.6) is 0 Å². The Hall–Kier alpha value is -3.16. The number of nitrogens with one attached hydrogen (secondary N) is 1. The molecule has 0 bridgehead atoms. The van der Waals surface area contributed by atoms with Crippen molar-refractivity contribution in [3.8, 4) is 0 Å². The van der Waals surface area contributed by atoms with Gasteiger partial charge in [-0.05, 0) is 11.1 Å². The third-order valence-electron chi connectivity index (χ3n) is 3.43. The number of aromatic amines is 1. The van der Waals surface area contributed by atoms with Gasteiger partial charge in [0.2, 0.25) is 0 Å². The Balaban J connectivity index is 1.92. The molecule has 8 nitrogen and oxygen atoms in total. The smallest absolute Gasteiger partial charge is 0.348 e. The largest absolute Gasteiger partial charge is 0.469 e. The molecule has 0 spiro atoms. The van der Waals surface area contributed by atoms with E-state index in [-0.39, 0.29) is 18.2 Å². The summed E-state index contributed by atoms with van der Waals surface area (Å²) in [5, 5.41) is 0. The third-order valence-corrected chi connectivity index (χ3v) is 3.43. The number of anilines is 1. The molecule has 3 aromatic rings. The van der Waals surface area contributed by atoms with Crippen LogP contribution in [0.4, 0.5) is 5.82 Å². The average Bonchev–Trinajstić information content (AvgIpc) is 2.91. The van der Waals surface area contributed by atoms with Crippen LogP contribution in [0.1, 0.15) is 11.1 Å². The fraction of sp³-hybridized carbons (Fsp3) is 0.200. The van der Waals surface area contributed by atoms with Crippen molar-refractivity contribution in [2.75, 3.05) is 12.8 Å². The summed E-state index contributed by atoms with van der Waals surface area (Å²) in [7, 11) is 1.36. The Bertz CT molecular complexity index is 928.